The second-order valence-electron chi connectivity index (χ2n) is 5.31. The van der Waals surface area contributed by atoms with Gasteiger partial charge in [0.2, 0.25) is 0 Å². The molecule has 0 aliphatic carbocycles. The first-order valence-electron chi connectivity index (χ1n) is 7.28. The molecule has 3 rings (SSSR count). The number of rotatable bonds is 5. The van der Waals surface area contributed by atoms with Gasteiger partial charge in [-0.25, -0.2) is 4.98 Å². The largest absolute Gasteiger partial charge is 0.395 e. The fourth-order valence-electron chi connectivity index (χ4n) is 2.82. The summed E-state index contributed by atoms with van der Waals surface area (Å²) < 4.78 is 5.04. The molecule has 1 fully saturated rings. The summed E-state index contributed by atoms with van der Waals surface area (Å²) in [6, 6.07) is 8.07. The number of pyridine rings is 1. The highest BCUT2D eigenvalue weighted by atomic mass is 16.5. The molecule has 0 unspecified atom stereocenters. The molecule has 1 aliphatic rings. The van der Waals surface area contributed by atoms with Crippen LogP contribution in [0, 0.1) is 6.92 Å². The molecule has 1 atom stereocenters. The minimum atomic E-state index is 0.187. The number of aromatic nitrogens is 2. The van der Waals surface area contributed by atoms with Gasteiger partial charge in [0, 0.05) is 12.6 Å². The molecule has 0 saturated carbocycles. The summed E-state index contributed by atoms with van der Waals surface area (Å²) in [6.45, 7) is 3.76. The molecule has 3 heterocycles. The maximum Gasteiger partial charge on any atom is 0.175 e. The third-order valence-electron chi connectivity index (χ3n) is 3.75. The van der Waals surface area contributed by atoms with Crippen LogP contribution in [0.4, 0.5) is 11.6 Å². The molecule has 21 heavy (non-hydrogen) atoms. The number of hydrogen-bond donors (Lipinski definition) is 2. The quantitative estimate of drug-likeness (QED) is 0.879. The van der Waals surface area contributed by atoms with Gasteiger partial charge in [0.25, 0.3) is 0 Å². The number of aliphatic hydroxyl groups is 1. The molecular weight excluding hydrogens is 268 g/mol. The minimum Gasteiger partial charge on any atom is -0.395 e. The van der Waals surface area contributed by atoms with Crippen LogP contribution in [-0.4, -0.2) is 39.8 Å². The molecule has 6 heteroatoms. The number of nitrogens with one attached hydrogen (secondary N) is 1. The first kappa shape index (κ1) is 14.0. The van der Waals surface area contributed by atoms with Crippen LogP contribution in [0.1, 0.15) is 30.3 Å². The Balaban J connectivity index is 1.76. The molecule has 0 amide bonds. The van der Waals surface area contributed by atoms with Crippen molar-refractivity contribution in [3.8, 4) is 0 Å². The van der Waals surface area contributed by atoms with E-state index >= 15 is 0 Å². The average molecular weight is 288 g/mol. The van der Waals surface area contributed by atoms with Crippen molar-refractivity contribution in [2.75, 3.05) is 25.0 Å². The lowest BCUT2D eigenvalue weighted by molar-refractivity contribution is 0.184. The first-order valence-corrected chi connectivity index (χ1v) is 7.28. The monoisotopic (exact) mass is 288 g/mol. The number of anilines is 2. The average Bonchev–Trinajstić information content (AvgIpc) is 3.09. The van der Waals surface area contributed by atoms with Crippen molar-refractivity contribution in [3.63, 3.8) is 0 Å². The maximum absolute atomic E-state index is 9.15. The maximum atomic E-state index is 9.15. The van der Waals surface area contributed by atoms with Crippen LogP contribution in [0.25, 0.3) is 0 Å². The standard InChI is InChI=1S/C15H20N4O2/c1-11-10-15(18-21-11)17-14-6-2-4-12(16-14)13-5-3-7-19(13)8-9-20/h2,4,6,10,13,20H,3,5,7-9H2,1H3,(H,16,17,18)/t13-/m1/s1. The predicted molar refractivity (Wildman–Crippen MR) is 79.4 cm³/mol. The normalized spacial score (nSPS) is 19.0. The summed E-state index contributed by atoms with van der Waals surface area (Å²) in [5.41, 5.74) is 1.03. The molecular formula is C15H20N4O2. The topological polar surface area (TPSA) is 74.4 Å². The van der Waals surface area contributed by atoms with E-state index in [0.717, 1.165) is 36.7 Å². The number of aryl methyl sites for hydroxylation is 1. The van der Waals surface area contributed by atoms with Crippen LogP contribution in [0.3, 0.4) is 0 Å². The lowest BCUT2D eigenvalue weighted by atomic mass is 10.1. The molecule has 0 bridgehead atoms. The van der Waals surface area contributed by atoms with E-state index < -0.39 is 0 Å². The van der Waals surface area contributed by atoms with E-state index in [1.165, 1.54) is 0 Å². The summed E-state index contributed by atoms with van der Waals surface area (Å²) in [4.78, 5) is 6.96. The smallest absolute Gasteiger partial charge is 0.175 e. The number of β-amino-alcohol motifs (C(OH)–C–C–N with tert-alkyl or cyclic N) is 1. The van der Waals surface area contributed by atoms with Crippen LogP contribution in [0.5, 0.6) is 0 Å². The third kappa shape index (κ3) is 3.22. The lowest BCUT2D eigenvalue weighted by Gasteiger charge is -2.23. The molecule has 112 valence electrons. The Morgan fingerprint density at radius 1 is 1.43 bits per heavy atom. The number of nitrogens with zero attached hydrogens (tertiary/aromatic N) is 3. The van der Waals surface area contributed by atoms with E-state index in [0.29, 0.717) is 12.4 Å². The minimum absolute atomic E-state index is 0.187. The van der Waals surface area contributed by atoms with Crippen molar-refractivity contribution < 1.29 is 9.63 Å². The molecule has 0 aromatic carbocycles. The van der Waals surface area contributed by atoms with Crippen LogP contribution in [0.2, 0.25) is 0 Å². The predicted octanol–water partition coefficient (Wildman–Crippen LogP) is 2.25. The summed E-state index contributed by atoms with van der Waals surface area (Å²) >= 11 is 0. The Morgan fingerprint density at radius 3 is 3.10 bits per heavy atom. The molecule has 1 saturated heterocycles. The second kappa shape index (κ2) is 6.24. The van der Waals surface area contributed by atoms with E-state index in [4.69, 9.17) is 9.63 Å². The molecule has 2 aromatic rings. The molecule has 1 aliphatic heterocycles. The van der Waals surface area contributed by atoms with Crippen LogP contribution >= 0.6 is 0 Å². The number of likely N-dealkylation sites (tertiary alicyclic amines) is 1. The Bertz CT molecular complexity index is 599. The summed E-state index contributed by atoms with van der Waals surface area (Å²) in [5.74, 6) is 2.19. The van der Waals surface area contributed by atoms with Gasteiger partial charge in [0.15, 0.2) is 5.82 Å². The van der Waals surface area contributed by atoms with Gasteiger partial charge in [0.1, 0.15) is 11.6 Å². The Labute approximate surface area is 123 Å². The highest BCUT2D eigenvalue weighted by molar-refractivity contribution is 5.51. The van der Waals surface area contributed by atoms with Gasteiger partial charge in [-0.05, 0) is 38.4 Å². The first-order chi connectivity index (χ1) is 10.3. The second-order valence-corrected chi connectivity index (χ2v) is 5.31. The SMILES string of the molecule is Cc1cc(Nc2cccc([C@H]3CCCN3CCO)n2)no1. The highest BCUT2D eigenvalue weighted by Crippen LogP contribution is 2.31. The molecule has 0 spiro atoms. The van der Waals surface area contributed by atoms with Crippen molar-refractivity contribution in [2.45, 2.75) is 25.8 Å². The van der Waals surface area contributed by atoms with Crippen molar-refractivity contribution >= 4 is 11.6 Å². The van der Waals surface area contributed by atoms with Crippen molar-refractivity contribution in [1.29, 1.82) is 0 Å². The van der Waals surface area contributed by atoms with Gasteiger partial charge in [-0.3, -0.25) is 4.90 Å². The fourth-order valence-corrected chi connectivity index (χ4v) is 2.82. The summed E-state index contributed by atoms with van der Waals surface area (Å²) in [5, 5.41) is 16.2. The lowest BCUT2D eigenvalue weighted by Crippen LogP contribution is -2.27. The molecule has 2 N–H and O–H groups in total. The molecule has 2 aromatic heterocycles. The fraction of sp³-hybridized carbons (Fsp3) is 0.467. The number of hydrogen-bond acceptors (Lipinski definition) is 6. The van der Waals surface area contributed by atoms with E-state index in [9.17, 15) is 0 Å². The number of aliphatic hydroxyl groups excluding tert-OH is 1. The van der Waals surface area contributed by atoms with Crippen molar-refractivity contribution in [2.24, 2.45) is 0 Å². The van der Waals surface area contributed by atoms with E-state index in [1.54, 1.807) is 0 Å². The van der Waals surface area contributed by atoms with Gasteiger partial charge >= 0.3 is 0 Å². The zero-order valence-electron chi connectivity index (χ0n) is 12.1. The zero-order chi connectivity index (χ0) is 14.7. The van der Waals surface area contributed by atoms with Gasteiger partial charge in [-0.2, -0.15) is 0 Å². The van der Waals surface area contributed by atoms with Crippen molar-refractivity contribution in [1.82, 2.24) is 15.0 Å². The van der Waals surface area contributed by atoms with Gasteiger partial charge in [-0.15, -0.1) is 0 Å². The summed E-state index contributed by atoms with van der Waals surface area (Å²) in [7, 11) is 0. The van der Waals surface area contributed by atoms with E-state index in [-0.39, 0.29) is 12.6 Å². The van der Waals surface area contributed by atoms with Crippen molar-refractivity contribution in [3.05, 3.63) is 35.7 Å². The Morgan fingerprint density at radius 2 is 2.33 bits per heavy atom. The molecule has 6 nitrogen and oxygen atoms in total. The van der Waals surface area contributed by atoms with Gasteiger partial charge < -0.3 is 14.9 Å². The van der Waals surface area contributed by atoms with E-state index in [1.807, 2.05) is 31.2 Å². The Hall–Kier alpha value is -1.92. The zero-order valence-corrected chi connectivity index (χ0v) is 12.1. The Kier molecular flexibility index (Phi) is 4.17. The third-order valence-corrected chi connectivity index (χ3v) is 3.75. The van der Waals surface area contributed by atoms with E-state index in [2.05, 4.69) is 20.4 Å². The van der Waals surface area contributed by atoms with Gasteiger partial charge in [-0.1, -0.05) is 11.2 Å². The molecule has 0 radical (unpaired) electrons. The van der Waals surface area contributed by atoms with Crippen LogP contribution < -0.4 is 5.32 Å². The van der Waals surface area contributed by atoms with Crippen LogP contribution in [0.15, 0.2) is 28.8 Å². The highest BCUT2D eigenvalue weighted by Gasteiger charge is 2.26. The van der Waals surface area contributed by atoms with Crippen LogP contribution in [-0.2, 0) is 0 Å². The van der Waals surface area contributed by atoms with Gasteiger partial charge in [0.05, 0.1) is 18.3 Å². The summed E-state index contributed by atoms with van der Waals surface area (Å²) in [6.07, 6.45) is 2.23.